The van der Waals surface area contributed by atoms with E-state index in [2.05, 4.69) is 58.7 Å². The first-order chi connectivity index (χ1) is 10.2. The maximum absolute atomic E-state index is 4.60. The van der Waals surface area contributed by atoms with Gasteiger partial charge in [0.15, 0.2) is 0 Å². The van der Waals surface area contributed by atoms with E-state index in [1.54, 1.807) is 11.3 Å². The molecular weight excluding hydrogens is 280 g/mol. The van der Waals surface area contributed by atoms with Gasteiger partial charge < -0.3 is 10.6 Å². The number of nitrogens with zero attached hydrogens (tertiary/aromatic N) is 2. The smallest absolute Gasteiger partial charge is 0.226 e. The lowest BCUT2D eigenvalue weighted by Crippen LogP contribution is -2.05. The van der Waals surface area contributed by atoms with Crippen molar-refractivity contribution in [3.8, 4) is 0 Å². The summed E-state index contributed by atoms with van der Waals surface area (Å²) < 4.78 is 0. The van der Waals surface area contributed by atoms with Crippen molar-refractivity contribution in [2.45, 2.75) is 20.8 Å². The van der Waals surface area contributed by atoms with E-state index < -0.39 is 0 Å². The summed E-state index contributed by atoms with van der Waals surface area (Å²) >= 11 is 1.63. The second-order valence-corrected chi connectivity index (χ2v) is 5.83. The third-order valence-electron chi connectivity index (χ3n) is 3.52. The number of rotatable bonds is 4. The van der Waals surface area contributed by atoms with E-state index in [1.807, 2.05) is 12.3 Å². The molecule has 0 bridgehead atoms. The lowest BCUT2D eigenvalue weighted by molar-refractivity contribution is 1.11. The number of aryl methyl sites for hydroxylation is 1. The quantitative estimate of drug-likeness (QED) is 0.745. The lowest BCUT2D eigenvalue weighted by Gasteiger charge is -2.12. The van der Waals surface area contributed by atoms with Gasteiger partial charge in [-0.2, -0.15) is 4.98 Å². The van der Waals surface area contributed by atoms with Crippen molar-refractivity contribution in [2.24, 2.45) is 0 Å². The van der Waals surface area contributed by atoms with Crippen LogP contribution in [0.4, 0.5) is 17.5 Å². The second-order valence-electron chi connectivity index (χ2n) is 4.94. The van der Waals surface area contributed by atoms with Crippen LogP contribution in [0, 0.1) is 13.8 Å². The molecule has 2 aromatic heterocycles. The zero-order chi connectivity index (χ0) is 14.8. The molecule has 0 aliphatic rings. The first-order valence-corrected chi connectivity index (χ1v) is 7.89. The molecule has 0 atom stereocenters. The number of hydrogen-bond donors (Lipinski definition) is 2. The topological polar surface area (TPSA) is 49.8 Å². The summed E-state index contributed by atoms with van der Waals surface area (Å²) in [7, 11) is 0. The first kappa shape index (κ1) is 13.8. The number of thiophene rings is 1. The standard InChI is InChI=1S/C16H18N4S/c1-4-17-16-19-14(12-8-9-21-15(12)20-16)18-13-7-5-6-10(2)11(13)3/h5-9H,4H2,1-3H3,(H2,17,18,19,20). The molecule has 2 N–H and O–H groups in total. The van der Waals surface area contributed by atoms with Crippen LogP contribution >= 0.6 is 11.3 Å². The number of nitrogens with one attached hydrogen (secondary N) is 2. The lowest BCUT2D eigenvalue weighted by atomic mass is 10.1. The molecular formula is C16H18N4S. The van der Waals surface area contributed by atoms with Gasteiger partial charge in [0.2, 0.25) is 5.95 Å². The van der Waals surface area contributed by atoms with Crippen LogP contribution in [0.3, 0.4) is 0 Å². The normalized spacial score (nSPS) is 10.8. The Morgan fingerprint density at radius 1 is 1.14 bits per heavy atom. The van der Waals surface area contributed by atoms with Crippen LogP contribution in [0.5, 0.6) is 0 Å². The summed E-state index contributed by atoms with van der Waals surface area (Å²) in [5, 5.41) is 9.75. The maximum Gasteiger partial charge on any atom is 0.226 e. The van der Waals surface area contributed by atoms with Crippen molar-refractivity contribution in [3.05, 3.63) is 40.8 Å². The summed E-state index contributed by atoms with van der Waals surface area (Å²) in [6.45, 7) is 7.08. The number of aromatic nitrogens is 2. The van der Waals surface area contributed by atoms with Gasteiger partial charge in [-0.3, -0.25) is 0 Å². The fourth-order valence-corrected chi connectivity index (χ4v) is 2.97. The Labute approximate surface area is 128 Å². The molecule has 0 unspecified atom stereocenters. The van der Waals surface area contributed by atoms with E-state index in [0.717, 1.165) is 28.3 Å². The molecule has 1 aromatic carbocycles. The molecule has 0 radical (unpaired) electrons. The number of benzene rings is 1. The summed E-state index contributed by atoms with van der Waals surface area (Å²) in [6.07, 6.45) is 0. The number of hydrogen-bond acceptors (Lipinski definition) is 5. The zero-order valence-electron chi connectivity index (χ0n) is 12.4. The maximum atomic E-state index is 4.60. The minimum Gasteiger partial charge on any atom is -0.354 e. The van der Waals surface area contributed by atoms with Crippen molar-refractivity contribution in [2.75, 3.05) is 17.2 Å². The molecule has 108 valence electrons. The van der Waals surface area contributed by atoms with Gasteiger partial charge in [0, 0.05) is 12.2 Å². The van der Waals surface area contributed by atoms with Crippen molar-refractivity contribution < 1.29 is 0 Å². The van der Waals surface area contributed by atoms with Gasteiger partial charge in [0.05, 0.1) is 5.39 Å². The molecule has 0 aliphatic carbocycles. The Morgan fingerprint density at radius 2 is 2.00 bits per heavy atom. The summed E-state index contributed by atoms with van der Waals surface area (Å²) in [5.41, 5.74) is 3.59. The zero-order valence-corrected chi connectivity index (χ0v) is 13.2. The van der Waals surface area contributed by atoms with Crippen LogP contribution in [0.1, 0.15) is 18.1 Å². The Morgan fingerprint density at radius 3 is 2.81 bits per heavy atom. The highest BCUT2D eigenvalue weighted by Gasteiger charge is 2.10. The third-order valence-corrected chi connectivity index (χ3v) is 4.32. The monoisotopic (exact) mass is 298 g/mol. The van der Waals surface area contributed by atoms with Crippen LogP contribution < -0.4 is 10.6 Å². The molecule has 21 heavy (non-hydrogen) atoms. The van der Waals surface area contributed by atoms with Gasteiger partial charge >= 0.3 is 0 Å². The predicted molar refractivity (Wildman–Crippen MR) is 90.8 cm³/mol. The van der Waals surface area contributed by atoms with Gasteiger partial charge in [-0.15, -0.1) is 11.3 Å². The SMILES string of the molecule is CCNc1nc(Nc2cccc(C)c2C)c2ccsc2n1. The average Bonchev–Trinajstić information content (AvgIpc) is 2.93. The molecule has 3 rings (SSSR count). The minimum absolute atomic E-state index is 0.667. The largest absolute Gasteiger partial charge is 0.354 e. The van der Waals surface area contributed by atoms with Gasteiger partial charge in [-0.25, -0.2) is 4.98 Å². The fourth-order valence-electron chi connectivity index (χ4n) is 2.20. The highest BCUT2D eigenvalue weighted by atomic mass is 32.1. The van der Waals surface area contributed by atoms with Crippen molar-refractivity contribution in [1.82, 2.24) is 9.97 Å². The van der Waals surface area contributed by atoms with E-state index in [1.165, 1.54) is 11.1 Å². The summed E-state index contributed by atoms with van der Waals surface area (Å²) in [5.74, 6) is 1.52. The van der Waals surface area contributed by atoms with E-state index >= 15 is 0 Å². The van der Waals surface area contributed by atoms with Crippen LogP contribution in [0.2, 0.25) is 0 Å². The van der Waals surface area contributed by atoms with E-state index in [9.17, 15) is 0 Å². The van der Waals surface area contributed by atoms with E-state index in [-0.39, 0.29) is 0 Å². The van der Waals surface area contributed by atoms with Crippen LogP contribution in [0.25, 0.3) is 10.2 Å². The fraction of sp³-hybridized carbons (Fsp3) is 0.250. The minimum atomic E-state index is 0.667. The van der Waals surface area contributed by atoms with Crippen LogP contribution in [0.15, 0.2) is 29.6 Å². The summed E-state index contributed by atoms with van der Waals surface area (Å²) in [6, 6.07) is 8.31. The molecule has 0 amide bonds. The number of fused-ring (bicyclic) bond motifs is 1. The van der Waals surface area contributed by atoms with E-state index in [0.29, 0.717) is 5.95 Å². The average molecular weight is 298 g/mol. The Bertz CT molecular complexity index is 779. The molecule has 3 aromatic rings. The summed E-state index contributed by atoms with van der Waals surface area (Å²) in [4.78, 5) is 10.1. The molecule has 5 heteroatoms. The molecule has 0 saturated carbocycles. The van der Waals surface area contributed by atoms with Gasteiger partial charge in [0.25, 0.3) is 0 Å². The van der Waals surface area contributed by atoms with Gasteiger partial charge in [0.1, 0.15) is 10.6 Å². The van der Waals surface area contributed by atoms with Crippen LogP contribution in [-0.2, 0) is 0 Å². The van der Waals surface area contributed by atoms with Crippen molar-refractivity contribution in [3.63, 3.8) is 0 Å². The Kier molecular flexibility index (Phi) is 3.75. The second kappa shape index (κ2) is 5.69. The van der Waals surface area contributed by atoms with Gasteiger partial charge in [-0.1, -0.05) is 12.1 Å². The third kappa shape index (κ3) is 2.69. The van der Waals surface area contributed by atoms with Gasteiger partial charge in [-0.05, 0) is 49.4 Å². The molecule has 0 spiro atoms. The Balaban J connectivity index is 2.06. The molecule has 4 nitrogen and oxygen atoms in total. The highest BCUT2D eigenvalue weighted by Crippen LogP contribution is 2.30. The van der Waals surface area contributed by atoms with Crippen molar-refractivity contribution >= 4 is 39.0 Å². The molecule has 0 fully saturated rings. The van der Waals surface area contributed by atoms with Crippen molar-refractivity contribution in [1.29, 1.82) is 0 Å². The highest BCUT2D eigenvalue weighted by molar-refractivity contribution is 7.16. The molecule has 0 saturated heterocycles. The number of anilines is 3. The van der Waals surface area contributed by atoms with Crippen LogP contribution in [-0.4, -0.2) is 16.5 Å². The predicted octanol–water partition coefficient (Wildman–Crippen LogP) is 4.48. The Hall–Kier alpha value is -2.14. The molecule has 2 heterocycles. The first-order valence-electron chi connectivity index (χ1n) is 7.01. The molecule has 0 aliphatic heterocycles. The van der Waals surface area contributed by atoms with E-state index in [4.69, 9.17) is 0 Å².